The van der Waals surface area contributed by atoms with E-state index in [-0.39, 0.29) is 6.09 Å². The van der Waals surface area contributed by atoms with E-state index in [0.29, 0.717) is 32.8 Å². The SMILES string of the molecule is Cc1cc(C)c(COC(=O)N2CCN(C=O)CC2)c(C)c1. The number of benzene rings is 1. The molecule has 0 atom stereocenters. The zero-order valence-electron chi connectivity index (χ0n) is 12.9. The molecular formula is C16H22N2O3. The molecule has 1 aliphatic heterocycles. The smallest absolute Gasteiger partial charge is 0.410 e. The van der Waals surface area contributed by atoms with Crippen molar-refractivity contribution >= 4 is 12.5 Å². The molecule has 114 valence electrons. The highest BCUT2D eigenvalue weighted by molar-refractivity contribution is 5.68. The summed E-state index contributed by atoms with van der Waals surface area (Å²) in [5.74, 6) is 0. The number of aryl methyl sites for hydroxylation is 3. The normalized spacial score (nSPS) is 15.0. The van der Waals surface area contributed by atoms with Crippen molar-refractivity contribution < 1.29 is 14.3 Å². The predicted octanol–water partition coefficient (Wildman–Crippen LogP) is 2.02. The van der Waals surface area contributed by atoms with Gasteiger partial charge in [-0.2, -0.15) is 0 Å². The molecular weight excluding hydrogens is 268 g/mol. The molecule has 5 nitrogen and oxygen atoms in total. The summed E-state index contributed by atoms with van der Waals surface area (Å²) in [6, 6.07) is 4.19. The number of rotatable bonds is 3. The van der Waals surface area contributed by atoms with Gasteiger partial charge in [0.05, 0.1) is 0 Å². The Morgan fingerprint density at radius 2 is 1.71 bits per heavy atom. The Labute approximate surface area is 125 Å². The third-order valence-corrected chi connectivity index (χ3v) is 3.90. The van der Waals surface area contributed by atoms with Gasteiger partial charge in [0.25, 0.3) is 0 Å². The molecule has 1 aromatic carbocycles. The molecule has 0 aromatic heterocycles. The molecule has 1 heterocycles. The molecule has 1 aromatic rings. The maximum atomic E-state index is 12.1. The highest BCUT2D eigenvalue weighted by Crippen LogP contribution is 2.17. The van der Waals surface area contributed by atoms with Crippen LogP contribution < -0.4 is 0 Å². The van der Waals surface area contributed by atoms with E-state index in [4.69, 9.17) is 4.74 Å². The molecule has 0 saturated carbocycles. The molecule has 1 aliphatic rings. The summed E-state index contributed by atoms with van der Waals surface area (Å²) in [6.45, 7) is 8.63. The van der Waals surface area contributed by atoms with E-state index in [1.165, 1.54) is 5.56 Å². The van der Waals surface area contributed by atoms with Crippen molar-refractivity contribution in [2.45, 2.75) is 27.4 Å². The van der Waals surface area contributed by atoms with Crippen molar-refractivity contribution in [3.8, 4) is 0 Å². The van der Waals surface area contributed by atoms with Gasteiger partial charge in [-0.1, -0.05) is 17.7 Å². The second-order valence-corrected chi connectivity index (χ2v) is 5.56. The Bertz CT molecular complexity index is 511. The van der Waals surface area contributed by atoms with E-state index in [0.717, 1.165) is 23.1 Å². The molecule has 5 heteroatoms. The third kappa shape index (κ3) is 3.74. The first kappa shape index (κ1) is 15.4. The maximum Gasteiger partial charge on any atom is 0.410 e. The maximum absolute atomic E-state index is 12.1. The topological polar surface area (TPSA) is 49.9 Å². The number of ether oxygens (including phenoxy) is 1. The van der Waals surface area contributed by atoms with Gasteiger partial charge >= 0.3 is 6.09 Å². The molecule has 21 heavy (non-hydrogen) atoms. The lowest BCUT2D eigenvalue weighted by atomic mass is 10.0. The van der Waals surface area contributed by atoms with E-state index in [2.05, 4.69) is 19.1 Å². The Morgan fingerprint density at radius 1 is 1.14 bits per heavy atom. The molecule has 2 amide bonds. The van der Waals surface area contributed by atoms with E-state index >= 15 is 0 Å². The van der Waals surface area contributed by atoms with Crippen molar-refractivity contribution in [3.05, 3.63) is 34.4 Å². The molecule has 0 radical (unpaired) electrons. The van der Waals surface area contributed by atoms with Gasteiger partial charge < -0.3 is 14.5 Å². The van der Waals surface area contributed by atoms with Gasteiger partial charge in [0.15, 0.2) is 0 Å². The average molecular weight is 290 g/mol. The monoisotopic (exact) mass is 290 g/mol. The van der Waals surface area contributed by atoms with Crippen LogP contribution in [0.5, 0.6) is 0 Å². The molecule has 1 saturated heterocycles. The van der Waals surface area contributed by atoms with E-state index in [9.17, 15) is 9.59 Å². The van der Waals surface area contributed by atoms with Crippen LogP contribution in [-0.4, -0.2) is 48.5 Å². The highest BCUT2D eigenvalue weighted by atomic mass is 16.6. The molecule has 0 bridgehead atoms. The first-order chi connectivity index (χ1) is 10.0. The number of piperazine rings is 1. The summed E-state index contributed by atoms with van der Waals surface area (Å²) < 4.78 is 5.42. The standard InChI is InChI=1S/C16H22N2O3/c1-12-8-13(2)15(14(3)9-12)10-21-16(20)18-6-4-17(11-19)5-7-18/h8-9,11H,4-7,10H2,1-3H3. The van der Waals surface area contributed by atoms with Gasteiger partial charge in [-0.25, -0.2) is 4.79 Å². The number of amides is 2. The molecule has 2 rings (SSSR count). The van der Waals surface area contributed by atoms with Crippen LogP contribution >= 0.6 is 0 Å². The van der Waals surface area contributed by atoms with Crippen molar-refractivity contribution in [2.75, 3.05) is 26.2 Å². The summed E-state index contributed by atoms with van der Waals surface area (Å²) in [5.41, 5.74) is 4.57. The van der Waals surface area contributed by atoms with Crippen LogP contribution in [-0.2, 0) is 16.1 Å². The highest BCUT2D eigenvalue weighted by Gasteiger charge is 2.21. The number of carbonyl (C=O) groups is 2. The van der Waals surface area contributed by atoms with Gasteiger partial charge in [-0.3, -0.25) is 4.79 Å². The van der Waals surface area contributed by atoms with Crippen LogP contribution in [0.1, 0.15) is 22.3 Å². The summed E-state index contributed by atoms with van der Waals surface area (Å²) in [7, 11) is 0. The van der Waals surface area contributed by atoms with Crippen LogP contribution in [0.4, 0.5) is 4.79 Å². The molecule has 0 spiro atoms. The lowest BCUT2D eigenvalue weighted by Crippen LogP contribution is -2.48. The largest absolute Gasteiger partial charge is 0.445 e. The van der Waals surface area contributed by atoms with E-state index in [1.807, 2.05) is 13.8 Å². The Balaban J connectivity index is 1.91. The lowest BCUT2D eigenvalue weighted by molar-refractivity contribution is -0.119. The second kappa shape index (κ2) is 6.61. The van der Waals surface area contributed by atoms with Crippen molar-refractivity contribution in [1.29, 1.82) is 0 Å². The van der Waals surface area contributed by atoms with Crippen LogP contribution in [0.3, 0.4) is 0 Å². The van der Waals surface area contributed by atoms with Gasteiger partial charge in [0, 0.05) is 26.2 Å². The van der Waals surface area contributed by atoms with Crippen molar-refractivity contribution in [1.82, 2.24) is 9.80 Å². The molecule has 0 N–H and O–H groups in total. The molecule has 1 fully saturated rings. The second-order valence-electron chi connectivity index (χ2n) is 5.56. The van der Waals surface area contributed by atoms with Crippen LogP contribution in [0, 0.1) is 20.8 Å². The summed E-state index contributed by atoms with van der Waals surface area (Å²) in [6.07, 6.45) is 0.516. The number of hydrogen-bond donors (Lipinski definition) is 0. The number of hydrogen-bond acceptors (Lipinski definition) is 3. The third-order valence-electron chi connectivity index (χ3n) is 3.90. The zero-order valence-corrected chi connectivity index (χ0v) is 12.9. The van der Waals surface area contributed by atoms with E-state index < -0.39 is 0 Å². The first-order valence-electron chi connectivity index (χ1n) is 7.19. The Morgan fingerprint density at radius 3 is 2.24 bits per heavy atom. The molecule has 0 aliphatic carbocycles. The van der Waals surface area contributed by atoms with Crippen molar-refractivity contribution in [3.63, 3.8) is 0 Å². The van der Waals surface area contributed by atoms with Crippen LogP contribution in [0.15, 0.2) is 12.1 Å². The summed E-state index contributed by atoms with van der Waals surface area (Å²) >= 11 is 0. The summed E-state index contributed by atoms with van der Waals surface area (Å²) in [4.78, 5) is 26.0. The number of carbonyl (C=O) groups excluding carboxylic acids is 2. The van der Waals surface area contributed by atoms with Gasteiger partial charge in [0.2, 0.25) is 6.41 Å². The Kier molecular flexibility index (Phi) is 4.83. The minimum Gasteiger partial charge on any atom is -0.445 e. The quantitative estimate of drug-likeness (QED) is 0.800. The average Bonchev–Trinajstić information content (AvgIpc) is 2.46. The molecule has 0 unspecified atom stereocenters. The van der Waals surface area contributed by atoms with Gasteiger partial charge in [0.1, 0.15) is 6.61 Å². The fourth-order valence-electron chi connectivity index (χ4n) is 2.67. The fourth-order valence-corrected chi connectivity index (χ4v) is 2.67. The minimum atomic E-state index is -0.306. The first-order valence-corrected chi connectivity index (χ1v) is 7.19. The predicted molar refractivity (Wildman–Crippen MR) is 80.0 cm³/mol. The number of nitrogens with zero attached hydrogens (tertiary/aromatic N) is 2. The van der Waals surface area contributed by atoms with Crippen LogP contribution in [0.2, 0.25) is 0 Å². The van der Waals surface area contributed by atoms with Crippen LogP contribution in [0.25, 0.3) is 0 Å². The minimum absolute atomic E-state index is 0.296. The van der Waals surface area contributed by atoms with Crippen molar-refractivity contribution in [2.24, 2.45) is 0 Å². The van der Waals surface area contributed by atoms with E-state index in [1.54, 1.807) is 9.80 Å². The fraction of sp³-hybridized carbons (Fsp3) is 0.500. The Hall–Kier alpha value is -2.04. The zero-order chi connectivity index (χ0) is 15.4. The lowest BCUT2D eigenvalue weighted by Gasteiger charge is -2.31. The van der Waals surface area contributed by atoms with Gasteiger partial charge in [-0.15, -0.1) is 0 Å². The van der Waals surface area contributed by atoms with Gasteiger partial charge in [-0.05, 0) is 37.5 Å². The summed E-state index contributed by atoms with van der Waals surface area (Å²) in [5, 5.41) is 0.